The number of hydrogen-bond acceptors (Lipinski definition) is 8. The van der Waals surface area contributed by atoms with Crippen molar-refractivity contribution >= 4 is 46.0 Å². The normalized spacial score (nSPS) is 18.1. The minimum absolute atomic E-state index is 0.171. The summed E-state index contributed by atoms with van der Waals surface area (Å²) in [5, 5.41) is 13.8. The molecule has 1 atom stereocenters. The van der Waals surface area contributed by atoms with Crippen molar-refractivity contribution < 1.29 is 14.3 Å². The first-order valence-electron chi connectivity index (χ1n) is 13.5. The number of aliphatic hydroxyl groups excluding tert-OH is 1. The van der Waals surface area contributed by atoms with Crippen LogP contribution in [-0.4, -0.2) is 72.7 Å². The van der Waals surface area contributed by atoms with Crippen molar-refractivity contribution in [3.63, 3.8) is 0 Å². The monoisotopic (exact) mass is 564 g/mol. The van der Waals surface area contributed by atoms with E-state index in [1.807, 2.05) is 18.6 Å². The van der Waals surface area contributed by atoms with Gasteiger partial charge in [0.05, 0.1) is 22.2 Å². The van der Waals surface area contributed by atoms with E-state index in [0.29, 0.717) is 34.8 Å². The number of piperidine rings is 1. The molecule has 2 aliphatic rings. The summed E-state index contributed by atoms with van der Waals surface area (Å²) in [5.74, 6) is 0.237. The van der Waals surface area contributed by atoms with Crippen LogP contribution in [0.4, 0.5) is 21.8 Å². The average Bonchev–Trinajstić information content (AvgIpc) is 3.57. The number of halogens is 2. The van der Waals surface area contributed by atoms with Crippen LogP contribution in [0.15, 0.2) is 43.1 Å². The van der Waals surface area contributed by atoms with E-state index in [2.05, 4.69) is 41.6 Å². The zero-order chi connectivity index (χ0) is 27.8. The molecule has 0 aliphatic carbocycles. The standard InChI is InChI=1S/C28H30ClFN8O2/c1-2-17-12-31-28(32-13-17)36-8-5-19(6-9-36)38-15-21(29)24-25(33-16-34-26(24)38)35-23-4-3-18(11-22(23)30)27(40)37-10-7-20(39)14-37/h3-4,11-13,15-16,19-20,39H,2,5-10,14H2,1H3,(H,33,34,35)/t20-/m0/s1. The van der Waals surface area contributed by atoms with Crippen LogP contribution in [-0.2, 0) is 6.42 Å². The number of rotatable bonds is 6. The molecule has 0 spiro atoms. The third kappa shape index (κ3) is 5.06. The van der Waals surface area contributed by atoms with Crippen LogP contribution >= 0.6 is 11.6 Å². The fraction of sp³-hybridized carbons (Fsp3) is 0.393. The van der Waals surface area contributed by atoms with Crippen LogP contribution in [0.5, 0.6) is 0 Å². The Labute approximate surface area is 235 Å². The summed E-state index contributed by atoms with van der Waals surface area (Å²) in [6, 6.07) is 4.46. The lowest BCUT2D eigenvalue weighted by atomic mass is 10.1. The minimum atomic E-state index is -0.588. The van der Waals surface area contributed by atoms with E-state index in [-0.39, 0.29) is 29.7 Å². The van der Waals surface area contributed by atoms with Gasteiger partial charge in [0.2, 0.25) is 5.95 Å². The van der Waals surface area contributed by atoms with Gasteiger partial charge in [-0.05, 0) is 49.4 Å². The number of nitrogens with one attached hydrogen (secondary N) is 1. The number of β-amino-alcohol motifs (C(OH)–C–C–N with tert-alkyl or cyclic N) is 1. The van der Waals surface area contributed by atoms with Gasteiger partial charge in [-0.2, -0.15) is 0 Å². The highest BCUT2D eigenvalue weighted by Crippen LogP contribution is 2.36. The Morgan fingerprint density at radius 1 is 1.12 bits per heavy atom. The summed E-state index contributed by atoms with van der Waals surface area (Å²) >= 11 is 6.68. The second-order valence-electron chi connectivity index (χ2n) is 10.3. The first-order chi connectivity index (χ1) is 19.4. The van der Waals surface area contributed by atoms with E-state index < -0.39 is 11.9 Å². The molecule has 2 fully saturated rings. The van der Waals surface area contributed by atoms with Crippen molar-refractivity contribution in [2.45, 2.75) is 44.8 Å². The zero-order valence-corrected chi connectivity index (χ0v) is 22.9. The molecule has 2 saturated heterocycles. The molecule has 5 heterocycles. The lowest BCUT2D eigenvalue weighted by molar-refractivity contribution is 0.0764. The molecule has 2 aliphatic heterocycles. The second-order valence-corrected chi connectivity index (χ2v) is 10.7. The van der Waals surface area contributed by atoms with Crippen LogP contribution in [0.1, 0.15) is 48.1 Å². The van der Waals surface area contributed by atoms with Crippen molar-refractivity contribution in [2.75, 3.05) is 36.4 Å². The molecule has 6 rings (SSSR count). The highest BCUT2D eigenvalue weighted by atomic mass is 35.5. The number of aryl methyl sites for hydroxylation is 1. The van der Waals surface area contributed by atoms with Crippen molar-refractivity contribution in [2.24, 2.45) is 0 Å². The average molecular weight is 565 g/mol. The van der Waals surface area contributed by atoms with Crippen LogP contribution in [0.3, 0.4) is 0 Å². The fourth-order valence-electron chi connectivity index (χ4n) is 5.44. The van der Waals surface area contributed by atoms with Gasteiger partial charge in [-0.25, -0.2) is 24.3 Å². The smallest absolute Gasteiger partial charge is 0.254 e. The van der Waals surface area contributed by atoms with Gasteiger partial charge in [0, 0.05) is 56.4 Å². The first-order valence-corrected chi connectivity index (χ1v) is 13.9. The van der Waals surface area contributed by atoms with Crippen LogP contribution in [0.25, 0.3) is 11.0 Å². The summed E-state index contributed by atoms with van der Waals surface area (Å²) in [4.78, 5) is 34.3. The summed E-state index contributed by atoms with van der Waals surface area (Å²) in [6.45, 7) is 4.40. The van der Waals surface area contributed by atoms with Crippen LogP contribution < -0.4 is 10.2 Å². The van der Waals surface area contributed by atoms with E-state index in [4.69, 9.17) is 11.6 Å². The number of fused-ring (bicyclic) bond motifs is 1. The molecule has 2 N–H and O–H groups in total. The summed E-state index contributed by atoms with van der Waals surface area (Å²) < 4.78 is 17.2. The predicted molar refractivity (Wildman–Crippen MR) is 151 cm³/mol. The fourth-order valence-corrected chi connectivity index (χ4v) is 5.72. The lowest BCUT2D eigenvalue weighted by Gasteiger charge is -2.32. The maximum Gasteiger partial charge on any atom is 0.254 e. The number of benzene rings is 1. The molecule has 0 bridgehead atoms. The maximum absolute atomic E-state index is 15.1. The molecule has 0 saturated carbocycles. The molecular formula is C28H30ClFN8O2. The lowest BCUT2D eigenvalue weighted by Crippen LogP contribution is -2.35. The Morgan fingerprint density at radius 2 is 1.90 bits per heavy atom. The molecule has 1 aromatic carbocycles. The zero-order valence-electron chi connectivity index (χ0n) is 22.1. The number of aliphatic hydroxyl groups is 1. The van der Waals surface area contributed by atoms with Gasteiger partial charge >= 0.3 is 0 Å². The number of carbonyl (C=O) groups is 1. The van der Waals surface area contributed by atoms with Crippen molar-refractivity contribution in [3.05, 3.63) is 65.1 Å². The molecule has 40 heavy (non-hydrogen) atoms. The summed E-state index contributed by atoms with van der Waals surface area (Å²) in [5.41, 5.74) is 2.18. The molecule has 208 valence electrons. The van der Waals surface area contributed by atoms with Gasteiger partial charge in [0.25, 0.3) is 5.91 Å². The molecular weight excluding hydrogens is 535 g/mol. The molecule has 1 amide bonds. The molecule has 12 heteroatoms. The Kier molecular flexibility index (Phi) is 7.24. The predicted octanol–water partition coefficient (Wildman–Crippen LogP) is 4.37. The topological polar surface area (TPSA) is 112 Å². The van der Waals surface area contributed by atoms with Gasteiger partial charge in [-0.3, -0.25) is 4.79 Å². The van der Waals surface area contributed by atoms with Crippen molar-refractivity contribution in [1.29, 1.82) is 0 Å². The number of carbonyl (C=O) groups excluding carboxylic acids is 1. The molecule has 0 radical (unpaired) electrons. The van der Waals surface area contributed by atoms with E-state index in [0.717, 1.165) is 43.9 Å². The maximum atomic E-state index is 15.1. The molecule has 0 unspecified atom stereocenters. The summed E-state index contributed by atoms with van der Waals surface area (Å²) in [7, 11) is 0. The Balaban J connectivity index is 1.19. The third-order valence-corrected chi connectivity index (χ3v) is 8.01. The number of hydrogen-bond donors (Lipinski definition) is 2. The minimum Gasteiger partial charge on any atom is -0.391 e. The van der Waals surface area contributed by atoms with Gasteiger partial charge < -0.3 is 24.8 Å². The van der Waals surface area contributed by atoms with E-state index in [1.165, 1.54) is 23.4 Å². The Hall–Kier alpha value is -3.83. The highest BCUT2D eigenvalue weighted by Gasteiger charge is 2.27. The highest BCUT2D eigenvalue weighted by molar-refractivity contribution is 6.36. The van der Waals surface area contributed by atoms with E-state index in [9.17, 15) is 9.90 Å². The van der Waals surface area contributed by atoms with Crippen LogP contribution in [0, 0.1) is 5.82 Å². The van der Waals surface area contributed by atoms with Gasteiger partial charge in [0.15, 0.2) is 0 Å². The number of amides is 1. The Morgan fingerprint density at radius 3 is 2.58 bits per heavy atom. The van der Waals surface area contributed by atoms with Crippen LogP contribution in [0.2, 0.25) is 5.02 Å². The number of anilines is 3. The largest absolute Gasteiger partial charge is 0.391 e. The van der Waals surface area contributed by atoms with Gasteiger partial charge in [-0.1, -0.05) is 18.5 Å². The quantitative estimate of drug-likeness (QED) is 0.355. The first kappa shape index (κ1) is 26.4. The van der Waals surface area contributed by atoms with E-state index >= 15 is 4.39 Å². The number of nitrogens with zero attached hydrogens (tertiary/aromatic N) is 7. The SMILES string of the molecule is CCc1cnc(N2CCC(n3cc(Cl)c4c(Nc5ccc(C(=O)N6CC[C@H](O)C6)cc5F)ncnc43)CC2)nc1. The third-order valence-electron chi connectivity index (χ3n) is 7.72. The molecule has 3 aromatic heterocycles. The van der Waals surface area contributed by atoms with E-state index in [1.54, 1.807) is 6.07 Å². The summed E-state index contributed by atoms with van der Waals surface area (Å²) in [6.07, 6.45) is 9.69. The molecule has 10 nitrogen and oxygen atoms in total. The van der Waals surface area contributed by atoms with Crippen molar-refractivity contribution in [1.82, 2.24) is 29.4 Å². The van der Waals surface area contributed by atoms with Crippen molar-refractivity contribution in [3.8, 4) is 0 Å². The van der Waals surface area contributed by atoms with Gasteiger partial charge in [0.1, 0.15) is 23.6 Å². The number of aromatic nitrogens is 5. The second kappa shape index (κ2) is 11.0. The number of likely N-dealkylation sites (tertiary alicyclic amines) is 1. The molecule has 4 aromatic rings. The Bertz CT molecular complexity index is 1540. The van der Waals surface area contributed by atoms with Gasteiger partial charge in [-0.15, -0.1) is 0 Å².